The molecule has 1 amide bonds. The number of carbonyl (C=O) groups excluding carboxylic acids is 1. The van der Waals surface area contributed by atoms with Gasteiger partial charge in [0.25, 0.3) is 0 Å². The number of hydrogen-bond donors (Lipinski definition) is 2. The zero-order chi connectivity index (χ0) is 12.8. The minimum Gasteiger partial charge on any atom is -0.481 e. The lowest BCUT2D eigenvalue weighted by Gasteiger charge is -2.16. The lowest BCUT2D eigenvalue weighted by molar-refractivity contribution is -0.137. The number of halogens is 1. The molecule has 17 heavy (non-hydrogen) atoms. The Bertz CT molecular complexity index is 404. The number of amides is 1. The Kier molecular flexibility index (Phi) is 5.15. The second kappa shape index (κ2) is 6.39. The molecule has 0 bridgehead atoms. The Morgan fingerprint density at radius 1 is 1.41 bits per heavy atom. The zero-order valence-electron chi connectivity index (χ0n) is 9.44. The van der Waals surface area contributed by atoms with E-state index >= 15 is 0 Å². The predicted octanol–water partition coefficient (Wildman–Crippen LogP) is 1.97. The van der Waals surface area contributed by atoms with Gasteiger partial charge in [-0.2, -0.15) is 0 Å². The van der Waals surface area contributed by atoms with E-state index in [1.165, 1.54) is 6.92 Å². The molecule has 1 aromatic carbocycles. The van der Waals surface area contributed by atoms with Gasteiger partial charge < -0.3 is 10.4 Å². The molecule has 0 spiro atoms. The van der Waals surface area contributed by atoms with Crippen molar-refractivity contribution in [1.29, 1.82) is 0 Å². The van der Waals surface area contributed by atoms with Gasteiger partial charge in [-0.25, -0.2) is 0 Å². The molecule has 1 atom stereocenters. The molecule has 0 radical (unpaired) electrons. The third-order valence-electron chi connectivity index (χ3n) is 2.25. The highest BCUT2D eigenvalue weighted by Gasteiger charge is 2.15. The summed E-state index contributed by atoms with van der Waals surface area (Å²) in [6, 6.07) is 7.18. The molecular weight excluding hydrogens is 286 g/mol. The summed E-state index contributed by atoms with van der Waals surface area (Å²) in [4.78, 5) is 21.7. The van der Waals surface area contributed by atoms with Crippen molar-refractivity contribution >= 4 is 27.8 Å². The normalized spacial score (nSPS) is 11.9. The molecule has 0 saturated heterocycles. The van der Waals surface area contributed by atoms with E-state index in [9.17, 15) is 9.59 Å². The smallest absolute Gasteiger partial charge is 0.305 e. The first-order valence-corrected chi connectivity index (χ1v) is 6.00. The van der Waals surface area contributed by atoms with Crippen molar-refractivity contribution in [3.05, 3.63) is 34.3 Å². The fourth-order valence-corrected chi connectivity index (χ4v) is 2.05. The molecule has 0 aliphatic rings. The van der Waals surface area contributed by atoms with Crippen molar-refractivity contribution in [3.8, 4) is 0 Å². The Hall–Kier alpha value is -1.36. The van der Waals surface area contributed by atoms with Crippen molar-refractivity contribution in [1.82, 2.24) is 5.32 Å². The van der Waals surface area contributed by atoms with E-state index < -0.39 is 5.97 Å². The van der Waals surface area contributed by atoms with Crippen LogP contribution in [0.4, 0.5) is 0 Å². The van der Waals surface area contributed by atoms with E-state index in [0.717, 1.165) is 10.0 Å². The van der Waals surface area contributed by atoms with Crippen LogP contribution in [-0.4, -0.2) is 23.0 Å². The van der Waals surface area contributed by atoms with E-state index in [2.05, 4.69) is 21.2 Å². The maximum Gasteiger partial charge on any atom is 0.305 e. The van der Waals surface area contributed by atoms with Crippen LogP contribution >= 0.6 is 15.9 Å². The standard InChI is InChI=1S/C12H14BrNO3/c1-8(15)14-10(7-12(16)17)6-9-4-2-3-5-11(9)13/h2-5,10H,6-7H2,1H3,(H,14,15)(H,16,17)/t10-/m1/s1. The lowest BCUT2D eigenvalue weighted by atomic mass is 10.0. The average molecular weight is 300 g/mol. The Morgan fingerprint density at radius 2 is 2.06 bits per heavy atom. The van der Waals surface area contributed by atoms with Crippen molar-refractivity contribution in [2.45, 2.75) is 25.8 Å². The van der Waals surface area contributed by atoms with E-state index in [0.29, 0.717) is 6.42 Å². The summed E-state index contributed by atoms with van der Waals surface area (Å²) in [5.74, 6) is -1.14. The van der Waals surface area contributed by atoms with Gasteiger partial charge in [0.15, 0.2) is 0 Å². The van der Waals surface area contributed by atoms with Gasteiger partial charge in [-0.1, -0.05) is 34.1 Å². The van der Waals surface area contributed by atoms with Crippen LogP contribution < -0.4 is 5.32 Å². The van der Waals surface area contributed by atoms with Crippen LogP contribution in [0.25, 0.3) is 0 Å². The van der Waals surface area contributed by atoms with Gasteiger partial charge in [-0.05, 0) is 18.1 Å². The molecule has 92 valence electrons. The molecule has 1 aromatic rings. The third kappa shape index (κ3) is 4.99. The van der Waals surface area contributed by atoms with E-state index in [-0.39, 0.29) is 18.4 Å². The summed E-state index contributed by atoms with van der Waals surface area (Å²) in [7, 11) is 0. The number of carbonyl (C=O) groups is 2. The number of carboxylic acid groups (broad SMARTS) is 1. The lowest BCUT2D eigenvalue weighted by Crippen LogP contribution is -2.36. The van der Waals surface area contributed by atoms with Crippen molar-refractivity contribution in [2.24, 2.45) is 0 Å². The fraction of sp³-hybridized carbons (Fsp3) is 0.333. The summed E-state index contributed by atoms with van der Waals surface area (Å²) >= 11 is 3.40. The van der Waals surface area contributed by atoms with Crippen LogP contribution in [-0.2, 0) is 16.0 Å². The predicted molar refractivity (Wildman–Crippen MR) is 67.7 cm³/mol. The molecule has 0 saturated carbocycles. The first-order valence-electron chi connectivity index (χ1n) is 5.21. The maximum absolute atomic E-state index is 11.0. The highest BCUT2D eigenvalue weighted by Crippen LogP contribution is 2.18. The van der Waals surface area contributed by atoms with E-state index in [1.54, 1.807) is 0 Å². The molecular formula is C12H14BrNO3. The van der Waals surface area contributed by atoms with Crippen molar-refractivity contribution in [3.63, 3.8) is 0 Å². The van der Waals surface area contributed by atoms with Gasteiger partial charge in [-0.15, -0.1) is 0 Å². The molecule has 0 unspecified atom stereocenters. The van der Waals surface area contributed by atoms with Gasteiger partial charge in [0.2, 0.25) is 5.91 Å². The van der Waals surface area contributed by atoms with Crippen LogP contribution in [0, 0.1) is 0 Å². The molecule has 0 aliphatic heterocycles. The molecule has 1 rings (SSSR count). The molecule has 4 nitrogen and oxygen atoms in total. The number of hydrogen-bond acceptors (Lipinski definition) is 2. The summed E-state index contributed by atoms with van der Waals surface area (Å²) in [6.07, 6.45) is 0.411. The minimum absolute atomic E-state index is 0.0824. The first kappa shape index (κ1) is 13.7. The first-order chi connectivity index (χ1) is 7.99. The van der Waals surface area contributed by atoms with Crippen LogP contribution in [0.15, 0.2) is 28.7 Å². The fourth-order valence-electron chi connectivity index (χ4n) is 1.60. The molecule has 5 heteroatoms. The quantitative estimate of drug-likeness (QED) is 0.873. The van der Waals surface area contributed by atoms with Gasteiger partial charge in [0.1, 0.15) is 0 Å². The Morgan fingerprint density at radius 3 is 2.59 bits per heavy atom. The number of nitrogens with one attached hydrogen (secondary N) is 1. The number of aliphatic carboxylic acids is 1. The largest absolute Gasteiger partial charge is 0.481 e. The highest BCUT2D eigenvalue weighted by atomic mass is 79.9. The van der Waals surface area contributed by atoms with Crippen molar-refractivity contribution in [2.75, 3.05) is 0 Å². The second-order valence-electron chi connectivity index (χ2n) is 3.79. The average Bonchev–Trinajstić information content (AvgIpc) is 2.19. The zero-order valence-corrected chi connectivity index (χ0v) is 11.0. The van der Waals surface area contributed by atoms with E-state index in [1.807, 2.05) is 24.3 Å². The van der Waals surface area contributed by atoms with Crippen LogP contribution in [0.2, 0.25) is 0 Å². The van der Waals surface area contributed by atoms with E-state index in [4.69, 9.17) is 5.11 Å². The Balaban J connectivity index is 2.75. The number of carboxylic acids is 1. The van der Waals surface area contributed by atoms with Crippen LogP contribution in [0.5, 0.6) is 0 Å². The van der Waals surface area contributed by atoms with Crippen LogP contribution in [0.3, 0.4) is 0 Å². The van der Waals surface area contributed by atoms with Crippen molar-refractivity contribution < 1.29 is 14.7 Å². The summed E-state index contributed by atoms with van der Waals surface area (Å²) in [5.41, 5.74) is 0.979. The van der Waals surface area contributed by atoms with Gasteiger partial charge >= 0.3 is 5.97 Å². The minimum atomic E-state index is -0.921. The summed E-state index contributed by atoms with van der Waals surface area (Å²) in [6.45, 7) is 1.38. The van der Waals surface area contributed by atoms with Gasteiger partial charge in [0.05, 0.1) is 6.42 Å². The number of benzene rings is 1. The van der Waals surface area contributed by atoms with Gasteiger partial charge in [-0.3, -0.25) is 9.59 Å². The SMILES string of the molecule is CC(=O)N[C@@H](CC(=O)O)Cc1ccccc1Br. The maximum atomic E-state index is 11.0. The topological polar surface area (TPSA) is 66.4 Å². The summed E-state index contributed by atoms with van der Waals surface area (Å²) in [5, 5.41) is 11.4. The molecule has 0 aromatic heterocycles. The number of rotatable bonds is 5. The third-order valence-corrected chi connectivity index (χ3v) is 3.03. The van der Waals surface area contributed by atoms with Gasteiger partial charge in [0, 0.05) is 17.4 Å². The summed E-state index contributed by atoms with van der Waals surface area (Å²) < 4.78 is 0.917. The van der Waals surface area contributed by atoms with Crippen LogP contribution in [0.1, 0.15) is 18.9 Å². The molecule has 0 heterocycles. The molecule has 0 fully saturated rings. The highest BCUT2D eigenvalue weighted by molar-refractivity contribution is 9.10. The monoisotopic (exact) mass is 299 g/mol. The second-order valence-corrected chi connectivity index (χ2v) is 4.65. The Labute approximate surface area is 108 Å². The molecule has 2 N–H and O–H groups in total. The molecule has 0 aliphatic carbocycles.